The van der Waals surface area contributed by atoms with Crippen molar-refractivity contribution in [3.8, 4) is 5.75 Å². The van der Waals surface area contributed by atoms with E-state index in [2.05, 4.69) is 28.7 Å². The van der Waals surface area contributed by atoms with Gasteiger partial charge in [-0.1, -0.05) is 6.07 Å². The van der Waals surface area contributed by atoms with Crippen LogP contribution >= 0.6 is 11.3 Å². The Balaban J connectivity index is 1.44. The fourth-order valence-corrected chi connectivity index (χ4v) is 4.63. The molecule has 1 aliphatic rings. The van der Waals surface area contributed by atoms with Crippen LogP contribution in [0.1, 0.15) is 33.6 Å². The Bertz CT molecular complexity index is 1090. The number of primary amides is 1. The summed E-state index contributed by atoms with van der Waals surface area (Å²) in [6.07, 6.45) is 2.98. The summed E-state index contributed by atoms with van der Waals surface area (Å²) in [5.74, 6) is 0.271. The third-order valence-corrected chi connectivity index (χ3v) is 6.53. The minimum atomic E-state index is -0.550. The van der Waals surface area contributed by atoms with Crippen molar-refractivity contribution in [2.24, 2.45) is 11.7 Å². The maximum absolute atomic E-state index is 12.6. The molecule has 0 spiro atoms. The summed E-state index contributed by atoms with van der Waals surface area (Å²) in [7, 11) is 0. The first-order valence-electron chi connectivity index (χ1n) is 9.51. The zero-order valence-electron chi connectivity index (χ0n) is 16.3. The van der Waals surface area contributed by atoms with E-state index in [0.29, 0.717) is 24.2 Å². The number of carbonyl (C=O) groups is 2. The standard InChI is InChI=1S/C21H22N4O3S/c1-12-13(2)29-20-17(12)19(23-11-24-20)25-8-6-14(7-9-25)21(27)28-16-5-3-4-15(10-16)18(22)26/h3-5,10-11,14H,6-9H2,1-2H3,(H2,22,26). The minimum absolute atomic E-state index is 0.189. The van der Waals surface area contributed by atoms with Crippen molar-refractivity contribution in [1.82, 2.24) is 9.97 Å². The van der Waals surface area contributed by atoms with Crippen molar-refractivity contribution in [3.63, 3.8) is 0 Å². The lowest BCUT2D eigenvalue weighted by atomic mass is 9.96. The van der Waals surface area contributed by atoms with Gasteiger partial charge in [0.2, 0.25) is 5.91 Å². The molecule has 2 aromatic heterocycles. The van der Waals surface area contributed by atoms with Gasteiger partial charge in [0.15, 0.2) is 0 Å². The number of carbonyl (C=O) groups excluding carboxylic acids is 2. The van der Waals surface area contributed by atoms with Crippen LogP contribution in [0.3, 0.4) is 0 Å². The number of aryl methyl sites for hydroxylation is 2. The van der Waals surface area contributed by atoms with E-state index in [4.69, 9.17) is 10.5 Å². The molecule has 0 bridgehead atoms. The van der Waals surface area contributed by atoms with Crippen LogP contribution in [0.4, 0.5) is 5.82 Å². The number of anilines is 1. The van der Waals surface area contributed by atoms with Crippen LogP contribution in [0.2, 0.25) is 0 Å². The van der Waals surface area contributed by atoms with Crippen LogP contribution in [-0.4, -0.2) is 34.9 Å². The summed E-state index contributed by atoms with van der Waals surface area (Å²) in [5.41, 5.74) is 6.82. The molecular weight excluding hydrogens is 388 g/mol. The normalized spacial score (nSPS) is 14.9. The van der Waals surface area contributed by atoms with E-state index in [1.54, 1.807) is 35.9 Å². The van der Waals surface area contributed by atoms with Gasteiger partial charge in [-0.3, -0.25) is 9.59 Å². The van der Waals surface area contributed by atoms with E-state index in [1.165, 1.54) is 16.5 Å². The summed E-state index contributed by atoms with van der Waals surface area (Å²) in [4.78, 5) is 37.3. The van der Waals surface area contributed by atoms with Gasteiger partial charge in [-0.2, -0.15) is 0 Å². The summed E-state index contributed by atoms with van der Waals surface area (Å²) in [6.45, 7) is 5.65. The van der Waals surface area contributed by atoms with Crippen LogP contribution in [0, 0.1) is 19.8 Å². The van der Waals surface area contributed by atoms with E-state index >= 15 is 0 Å². The Morgan fingerprint density at radius 3 is 2.69 bits per heavy atom. The molecular formula is C21H22N4O3S. The Morgan fingerprint density at radius 1 is 1.21 bits per heavy atom. The second-order valence-corrected chi connectivity index (χ2v) is 8.44. The second-order valence-electron chi connectivity index (χ2n) is 7.24. The van der Waals surface area contributed by atoms with Crippen LogP contribution < -0.4 is 15.4 Å². The molecule has 3 heterocycles. The van der Waals surface area contributed by atoms with Gasteiger partial charge in [-0.15, -0.1) is 11.3 Å². The lowest BCUT2D eigenvalue weighted by Gasteiger charge is -2.32. The molecule has 4 rings (SSSR count). The number of esters is 1. The van der Waals surface area contributed by atoms with Crippen molar-refractivity contribution in [2.75, 3.05) is 18.0 Å². The van der Waals surface area contributed by atoms with Gasteiger partial charge >= 0.3 is 5.97 Å². The first kappa shape index (κ1) is 19.3. The number of nitrogens with two attached hydrogens (primary N) is 1. The van der Waals surface area contributed by atoms with E-state index in [-0.39, 0.29) is 11.9 Å². The van der Waals surface area contributed by atoms with Gasteiger partial charge in [-0.05, 0) is 50.5 Å². The number of benzene rings is 1. The molecule has 1 saturated heterocycles. The number of hydrogen-bond donors (Lipinski definition) is 1. The second kappa shape index (κ2) is 7.79. The molecule has 29 heavy (non-hydrogen) atoms. The van der Waals surface area contributed by atoms with Crippen LogP contribution in [0.15, 0.2) is 30.6 Å². The third-order valence-electron chi connectivity index (χ3n) is 5.41. The highest BCUT2D eigenvalue weighted by atomic mass is 32.1. The van der Waals surface area contributed by atoms with Gasteiger partial charge < -0.3 is 15.4 Å². The van der Waals surface area contributed by atoms with E-state index in [9.17, 15) is 9.59 Å². The third kappa shape index (κ3) is 3.80. The number of thiophene rings is 1. The number of aromatic nitrogens is 2. The lowest BCUT2D eigenvalue weighted by molar-refractivity contribution is -0.139. The molecule has 0 aliphatic carbocycles. The van der Waals surface area contributed by atoms with Crippen molar-refractivity contribution in [3.05, 3.63) is 46.6 Å². The topological polar surface area (TPSA) is 98.4 Å². The predicted molar refractivity (Wildman–Crippen MR) is 112 cm³/mol. The van der Waals surface area contributed by atoms with Crippen LogP contribution in [-0.2, 0) is 4.79 Å². The van der Waals surface area contributed by atoms with Gasteiger partial charge in [0.1, 0.15) is 22.7 Å². The largest absolute Gasteiger partial charge is 0.426 e. The van der Waals surface area contributed by atoms with E-state index < -0.39 is 5.91 Å². The molecule has 0 radical (unpaired) electrons. The van der Waals surface area contributed by atoms with Crippen molar-refractivity contribution < 1.29 is 14.3 Å². The smallest absolute Gasteiger partial charge is 0.314 e. The molecule has 1 fully saturated rings. The van der Waals surface area contributed by atoms with Gasteiger partial charge in [-0.25, -0.2) is 9.97 Å². The SMILES string of the molecule is Cc1sc2ncnc(N3CCC(C(=O)Oc4cccc(C(N)=O)c4)CC3)c2c1C. The van der Waals surface area contributed by atoms with E-state index in [0.717, 1.165) is 29.1 Å². The maximum atomic E-state index is 12.6. The fraction of sp³-hybridized carbons (Fsp3) is 0.333. The average molecular weight is 410 g/mol. The number of nitrogens with zero attached hydrogens (tertiary/aromatic N) is 3. The first-order chi connectivity index (χ1) is 13.9. The molecule has 7 nitrogen and oxygen atoms in total. The molecule has 3 aromatic rings. The Morgan fingerprint density at radius 2 is 1.97 bits per heavy atom. The van der Waals surface area contributed by atoms with Crippen molar-refractivity contribution >= 4 is 39.2 Å². The number of amides is 1. The highest BCUT2D eigenvalue weighted by Crippen LogP contribution is 2.35. The summed E-state index contributed by atoms with van der Waals surface area (Å²) >= 11 is 1.68. The molecule has 150 valence electrons. The number of hydrogen-bond acceptors (Lipinski definition) is 7. The van der Waals surface area contributed by atoms with E-state index in [1.807, 2.05) is 0 Å². The minimum Gasteiger partial charge on any atom is -0.426 e. The molecule has 0 saturated carbocycles. The quantitative estimate of drug-likeness (QED) is 0.524. The summed E-state index contributed by atoms with van der Waals surface area (Å²) in [5, 5.41) is 1.11. The maximum Gasteiger partial charge on any atom is 0.314 e. The summed E-state index contributed by atoms with van der Waals surface area (Å²) in [6, 6.07) is 6.39. The Labute approximate surface area is 172 Å². The van der Waals surface area contributed by atoms with Gasteiger partial charge in [0.05, 0.1) is 11.3 Å². The zero-order chi connectivity index (χ0) is 20.5. The van der Waals surface area contributed by atoms with Crippen LogP contribution in [0.25, 0.3) is 10.2 Å². The Hall–Kier alpha value is -3.00. The molecule has 0 atom stereocenters. The molecule has 8 heteroatoms. The highest BCUT2D eigenvalue weighted by Gasteiger charge is 2.28. The molecule has 1 aliphatic heterocycles. The number of ether oxygens (including phenoxy) is 1. The number of rotatable bonds is 4. The predicted octanol–water partition coefficient (Wildman–Crippen LogP) is 3.23. The fourth-order valence-electron chi connectivity index (χ4n) is 3.64. The molecule has 1 amide bonds. The Kier molecular flexibility index (Phi) is 5.19. The highest BCUT2D eigenvalue weighted by molar-refractivity contribution is 7.18. The number of piperidine rings is 1. The lowest BCUT2D eigenvalue weighted by Crippen LogP contribution is -2.38. The first-order valence-corrected chi connectivity index (χ1v) is 10.3. The van der Waals surface area contributed by atoms with Crippen molar-refractivity contribution in [1.29, 1.82) is 0 Å². The van der Waals surface area contributed by atoms with Gasteiger partial charge in [0, 0.05) is 23.5 Å². The average Bonchev–Trinajstić information content (AvgIpc) is 3.02. The summed E-state index contributed by atoms with van der Waals surface area (Å²) < 4.78 is 5.49. The molecule has 1 aromatic carbocycles. The number of fused-ring (bicyclic) bond motifs is 1. The monoisotopic (exact) mass is 410 g/mol. The molecule has 2 N–H and O–H groups in total. The zero-order valence-corrected chi connectivity index (χ0v) is 17.2. The van der Waals surface area contributed by atoms with Crippen molar-refractivity contribution in [2.45, 2.75) is 26.7 Å². The molecule has 0 unspecified atom stereocenters. The van der Waals surface area contributed by atoms with Crippen LogP contribution in [0.5, 0.6) is 5.75 Å². The van der Waals surface area contributed by atoms with Gasteiger partial charge in [0.25, 0.3) is 0 Å².